The fourth-order valence-electron chi connectivity index (χ4n) is 14.1. The van der Waals surface area contributed by atoms with E-state index >= 15 is 0 Å². The lowest BCUT2D eigenvalue weighted by Crippen LogP contribution is -2.38. The van der Waals surface area contributed by atoms with Crippen LogP contribution in [-0.4, -0.2) is 319 Å². The molecular weight excluding hydrogens is 1670 g/mol. The Labute approximate surface area is 704 Å². The molecule has 0 amide bonds. The van der Waals surface area contributed by atoms with Crippen molar-refractivity contribution in [2.45, 2.75) is 247 Å². The number of rotatable bonds is 31. The van der Waals surface area contributed by atoms with Gasteiger partial charge in [0.25, 0.3) is 27.8 Å². The lowest BCUT2D eigenvalue weighted by Gasteiger charge is -2.19. The number of H-pyrrole nitrogens is 5. The number of nitrogens with zero attached hydrogens (tertiary/aromatic N) is 5. The normalized spacial score (nSPS) is 27.4. The molecular formula is C81H135N10O25P5. The molecule has 0 aromatic carbocycles. The summed E-state index contributed by atoms with van der Waals surface area (Å²) in [7, 11) is 0. The van der Waals surface area contributed by atoms with Crippen molar-refractivity contribution in [3.63, 3.8) is 0 Å². The highest BCUT2D eigenvalue weighted by Crippen LogP contribution is 2.45. The first-order valence-electron chi connectivity index (χ1n) is 40.9. The largest absolute Gasteiger partial charge is 0.388 e. The number of aryl methyl sites for hydroxylation is 5. The van der Waals surface area contributed by atoms with Crippen LogP contribution in [0.2, 0.25) is 0 Å². The zero-order valence-corrected chi connectivity index (χ0v) is 76.9. The molecule has 40 heteroatoms. The van der Waals surface area contributed by atoms with Gasteiger partial charge in [-0.25, -0.2) is 24.0 Å². The first kappa shape index (κ1) is 104. The summed E-state index contributed by atoms with van der Waals surface area (Å²) >= 11 is 0. The van der Waals surface area contributed by atoms with Gasteiger partial charge in [-0.05, 0) is 168 Å². The Morgan fingerprint density at radius 3 is 0.917 bits per heavy atom. The molecule has 0 aliphatic carbocycles. The summed E-state index contributed by atoms with van der Waals surface area (Å²) in [6.45, 7) is 26.6. The average molecular weight is 1800 g/mol. The molecule has 5 aromatic heterocycles. The molecule has 20 atom stereocenters. The molecule has 0 bridgehead atoms. The Kier molecular flexibility index (Phi) is 38.6. The summed E-state index contributed by atoms with van der Waals surface area (Å²) < 4.78 is 35.0. The number of hydrogen-bond donors (Lipinski definition) is 15. The SMILES string of the molecule is C=CCCn1cc(C2O[C@H](CCP(=C)(C)C)[C@@H](O)[C@H]2O)c(=O)[nH]c1=O.C=P(C)(C)CC[C@H]1OC(c2cn(CCC)c(=O)[nH]c2=O)[C@H](O)[C@@H]1O.C=P(C)(C)CC[C@H]1OC(n2cc(CC)c(=O)[nH]c2=O)[C@H](O)[C@@H]1O.C=P(C)(C)CC[C@H]1OC(n2cc(CCC)c(=O)[nH]c2=O)[C@H](O)[C@@H]1O.C=P(C)(C)CC[C@H]1OC(n2cc(CCCC)c(=O)[nH]c2=O)[C@H](O)[C@@H]1O. The molecule has 15 N–H and O–H groups in total. The van der Waals surface area contributed by atoms with Gasteiger partial charge in [0, 0.05) is 60.8 Å². The minimum Gasteiger partial charge on any atom is -0.388 e. The quantitative estimate of drug-likeness (QED) is 0.0219. The van der Waals surface area contributed by atoms with Gasteiger partial charge in [-0.3, -0.25) is 67.2 Å². The standard InChI is InChI=1S/C17H27N2O5P.C17H29N2O5P.2C16H27N2O5P.C15H25N2O5P/c1-5-6-8-19-10-11(16(22)18-17(19)23)15-14(21)13(20)12(24-15)7-9-25(2,3)4;1-5-6-7-11-10-19(17(23)18-15(11)22)16-14(21)13(20)12(24-16)8-9-25(2,3)4;1-5-7-18-9-10(15(21)17-16(18)22)14-13(20)12(19)11(23-14)6-8-24(2,3)4;1-5-6-10-9-18(16(22)17-14(10)21)15-13(20)12(19)11(23-15)7-8-24(2,3)4;1-5-9-8-17(15(21)16-13(9)20)14-12(19)11(18)10(22-14)6-7-23(2,3)4/h5,10,12-15,20-21H,1-2,6-9H2,3-4H3,(H,18,22,23);10,12-14,16,20-21H,2,5-9H2,1,3-4H3,(H,18,22,23);9,11-14,19-20H,2,5-8H2,1,3-4H3,(H,17,21,22);9,11-13,15,19-20H,2,5-8H2,1,3-4H3,(H,17,21,22);8,10-12,14,18-19H,2,5-7H2,1,3-4H3,(H,16,20,21)/t12-,13-,14-,15?;12-,13-,14-,16?;11-,12-,13-,14?;11-,12-,13-,15?;10-,11-,12-,14?/m11111/s1. The first-order chi connectivity index (χ1) is 56.2. The Morgan fingerprint density at radius 2 is 0.628 bits per heavy atom. The second-order valence-electron chi connectivity index (χ2n) is 35.4. The third kappa shape index (κ3) is 29.6. The number of aromatic nitrogens is 10. The van der Waals surface area contributed by atoms with Crippen LogP contribution in [0.1, 0.15) is 151 Å². The van der Waals surface area contributed by atoms with E-state index in [4.69, 9.17) is 23.7 Å². The maximum Gasteiger partial charge on any atom is 0.330 e. The molecule has 5 aromatic rings. The summed E-state index contributed by atoms with van der Waals surface area (Å²) in [5.74, 6) is 0. The fourth-order valence-corrected chi connectivity index (χ4v) is 18.9. The van der Waals surface area contributed by atoms with Crippen LogP contribution in [0.4, 0.5) is 0 Å². The van der Waals surface area contributed by atoms with Gasteiger partial charge < -0.3 is 79.3 Å². The number of aliphatic hydroxyl groups excluding tert-OH is 10. The number of allylic oxidation sites excluding steroid dienone is 1. The van der Waals surface area contributed by atoms with E-state index in [0.717, 1.165) is 61.1 Å². The number of aliphatic hydroxyl groups is 10. The maximum atomic E-state index is 12.2. The second kappa shape index (κ2) is 45.0. The van der Waals surface area contributed by atoms with Gasteiger partial charge in [-0.2, -0.15) is 0 Å². The van der Waals surface area contributed by atoms with Crippen LogP contribution in [0, 0.1) is 0 Å². The van der Waals surface area contributed by atoms with E-state index in [-0.39, 0.29) is 11.1 Å². The third-order valence-corrected chi connectivity index (χ3v) is 28.6. The molecule has 0 radical (unpaired) electrons. The summed E-state index contributed by atoms with van der Waals surface area (Å²) in [5, 5.41) is 103. The molecule has 0 spiro atoms. The Hall–Kier alpha value is -5.96. The summed E-state index contributed by atoms with van der Waals surface area (Å²) in [4.78, 5) is 131. The van der Waals surface area contributed by atoms with Crippen LogP contribution in [0.25, 0.3) is 0 Å². The van der Waals surface area contributed by atoms with E-state index in [1.807, 2.05) is 20.8 Å². The van der Waals surface area contributed by atoms with Gasteiger partial charge in [0.15, 0.2) is 18.7 Å². The smallest absolute Gasteiger partial charge is 0.330 e. The summed E-state index contributed by atoms with van der Waals surface area (Å²) in [6, 6.07) is 0. The molecule has 5 aliphatic heterocycles. The highest BCUT2D eigenvalue weighted by Gasteiger charge is 2.49. The van der Waals surface area contributed by atoms with E-state index in [1.165, 1.54) is 49.3 Å². The minimum absolute atomic E-state index is 0.140. The lowest BCUT2D eigenvalue weighted by atomic mass is 10.0. The zero-order valence-electron chi connectivity index (χ0n) is 72.5. The van der Waals surface area contributed by atoms with Gasteiger partial charge in [-0.1, -0.05) is 46.6 Å². The predicted molar refractivity (Wildman–Crippen MR) is 488 cm³/mol. The number of nitrogens with one attached hydrogen (secondary N) is 5. The Balaban J connectivity index is 0.000000234. The number of aromatic amines is 5. The van der Waals surface area contributed by atoms with Crippen molar-refractivity contribution in [1.82, 2.24) is 47.8 Å². The Morgan fingerprint density at radius 1 is 0.347 bits per heavy atom. The van der Waals surface area contributed by atoms with Crippen molar-refractivity contribution in [3.05, 3.63) is 176 Å². The minimum atomic E-state index is -1.29. The zero-order chi connectivity index (χ0) is 91.0. The van der Waals surface area contributed by atoms with Crippen LogP contribution in [-0.2, 0) is 56.0 Å². The molecule has 10 heterocycles. The number of ether oxygens (including phenoxy) is 5. The van der Waals surface area contributed by atoms with Gasteiger partial charge in [0.1, 0.15) is 73.2 Å². The van der Waals surface area contributed by atoms with Crippen molar-refractivity contribution in [3.8, 4) is 0 Å². The average Bonchev–Trinajstić information content (AvgIpc) is 1.69. The predicted octanol–water partition coefficient (Wildman–Crippen LogP) is 1.20. The maximum absolute atomic E-state index is 12.2. The lowest BCUT2D eigenvalue weighted by molar-refractivity contribution is -0.0404. The second-order valence-corrected chi connectivity index (χ2v) is 56.9. The van der Waals surface area contributed by atoms with Crippen molar-refractivity contribution in [2.75, 3.05) is 97.5 Å². The van der Waals surface area contributed by atoms with Crippen molar-refractivity contribution in [2.24, 2.45) is 0 Å². The highest BCUT2D eigenvalue weighted by molar-refractivity contribution is 7.73. The fraction of sp³-hybridized carbons (Fsp3) is 0.667. The van der Waals surface area contributed by atoms with Gasteiger partial charge in [-0.15, -0.1) is 72.5 Å². The topological polar surface area (TPSA) is 523 Å². The molecule has 5 fully saturated rings. The Bertz CT molecular complexity index is 5060. The van der Waals surface area contributed by atoms with E-state index in [9.17, 15) is 99.0 Å². The van der Waals surface area contributed by atoms with E-state index in [0.29, 0.717) is 87.6 Å². The van der Waals surface area contributed by atoms with Crippen LogP contribution >= 0.6 is 34.4 Å². The van der Waals surface area contributed by atoms with Crippen LogP contribution in [0.5, 0.6) is 0 Å². The van der Waals surface area contributed by atoms with Crippen molar-refractivity contribution >= 4 is 65.9 Å². The van der Waals surface area contributed by atoms with E-state index < -0.39 is 213 Å². The molecule has 35 nitrogen and oxygen atoms in total. The molecule has 10 rings (SSSR count). The van der Waals surface area contributed by atoms with Crippen molar-refractivity contribution in [1.29, 1.82) is 0 Å². The van der Waals surface area contributed by atoms with Gasteiger partial charge >= 0.3 is 28.4 Å². The summed E-state index contributed by atoms with van der Waals surface area (Å²) in [5.41, 5.74) is -3.79. The highest BCUT2D eigenvalue weighted by atomic mass is 31.2. The monoisotopic (exact) mass is 1800 g/mol. The molecule has 0 saturated carbocycles. The molecule has 121 heavy (non-hydrogen) atoms. The van der Waals surface area contributed by atoms with Gasteiger partial charge in [0.2, 0.25) is 0 Å². The van der Waals surface area contributed by atoms with Crippen LogP contribution < -0.4 is 56.2 Å². The van der Waals surface area contributed by atoms with Crippen molar-refractivity contribution < 1.29 is 74.7 Å². The first-order valence-corrected chi connectivity index (χ1v) is 56.2. The van der Waals surface area contributed by atoms with Gasteiger partial charge in [0.05, 0.1) is 41.6 Å². The number of unbranched alkanes of at least 4 members (excludes halogenated alkanes) is 1. The van der Waals surface area contributed by atoms with Crippen LogP contribution in [0.15, 0.2) is 91.6 Å². The van der Waals surface area contributed by atoms with Crippen LogP contribution in [0.3, 0.4) is 0 Å². The molecule has 5 unspecified atom stereocenters. The molecule has 5 saturated heterocycles. The summed E-state index contributed by atoms with van der Waals surface area (Å²) in [6.07, 6.45) is 22.4. The van der Waals surface area contributed by atoms with E-state index in [2.05, 4.69) is 130 Å². The molecule has 684 valence electrons. The molecule has 5 aliphatic rings. The van der Waals surface area contributed by atoms with E-state index in [1.54, 1.807) is 13.0 Å². The number of hydrogen-bond acceptors (Lipinski definition) is 25. The third-order valence-electron chi connectivity index (χ3n) is 21.2.